The molecule has 2 rings (SSSR count). The molecule has 0 spiro atoms. The van der Waals surface area contributed by atoms with Crippen LogP contribution in [0, 0.1) is 5.82 Å². The first-order valence-electron chi connectivity index (χ1n) is 5.56. The van der Waals surface area contributed by atoms with Crippen LogP contribution in [0.25, 0.3) is 0 Å². The predicted octanol–water partition coefficient (Wildman–Crippen LogP) is 6.39. The van der Waals surface area contributed by atoms with Crippen molar-refractivity contribution < 1.29 is 9.13 Å². The maximum absolute atomic E-state index is 13.6. The number of ether oxygens (including phenoxy) is 1. The number of halogens is 5. The Morgan fingerprint density at radius 3 is 2.55 bits per heavy atom. The van der Waals surface area contributed by atoms with Gasteiger partial charge < -0.3 is 4.74 Å². The van der Waals surface area contributed by atoms with E-state index in [1.807, 2.05) is 12.1 Å². The van der Waals surface area contributed by atoms with Gasteiger partial charge in [-0.15, -0.1) is 0 Å². The van der Waals surface area contributed by atoms with E-state index in [9.17, 15) is 4.39 Å². The highest BCUT2D eigenvalue weighted by Crippen LogP contribution is 2.42. The topological polar surface area (TPSA) is 9.23 Å². The van der Waals surface area contributed by atoms with Crippen LogP contribution in [-0.2, 0) is 0 Å². The summed E-state index contributed by atoms with van der Waals surface area (Å²) < 4.78 is 19.2. The van der Waals surface area contributed by atoms with Gasteiger partial charge in [0.15, 0.2) is 0 Å². The van der Waals surface area contributed by atoms with Crippen molar-refractivity contribution in [3.8, 4) is 5.75 Å². The van der Waals surface area contributed by atoms with Crippen molar-refractivity contribution >= 4 is 55.1 Å². The molecule has 2 aromatic carbocycles. The standard InChI is InChI=1S/C14H9Br2Cl2FO/c1-20-12-6-11(19)9(15)5-8(12)13(16)7-3-2-4-10(17)14(7)18/h2-6,13H,1H3. The lowest BCUT2D eigenvalue weighted by molar-refractivity contribution is 0.406. The SMILES string of the molecule is COc1cc(F)c(Br)cc1C(Br)c1cccc(Cl)c1Cl. The van der Waals surface area contributed by atoms with Gasteiger partial charge in [-0.25, -0.2) is 4.39 Å². The first kappa shape index (κ1) is 16.1. The largest absolute Gasteiger partial charge is 0.496 e. The Balaban J connectivity index is 2.55. The monoisotopic (exact) mass is 440 g/mol. The first-order chi connectivity index (χ1) is 9.45. The molecule has 0 aliphatic carbocycles. The van der Waals surface area contributed by atoms with Gasteiger partial charge in [-0.1, -0.05) is 51.3 Å². The van der Waals surface area contributed by atoms with Crippen LogP contribution in [0.4, 0.5) is 4.39 Å². The highest BCUT2D eigenvalue weighted by atomic mass is 79.9. The van der Waals surface area contributed by atoms with E-state index in [1.165, 1.54) is 13.2 Å². The van der Waals surface area contributed by atoms with Crippen molar-refractivity contribution in [3.63, 3.8) is 0 Å². The average molecular weight is 443 g/mol. The van der Waals surface area contributed by atoms with E-state index in [1.54, 1.807) is 12.1 Å². The Morgan fingerprint density at radius 1 is 1.20 bits per heavy atom. The van der Waals surface area contributed by atoms with E-state index in [0.717, 1.165) is 11.1 Å². The molecule has 0 N–H and O–H groups in total. The molecule has 0 amide bonds. The summed E-state index contributed by atoms with van der Waals surface area (Å²) in [6.45, 7) is 0. The molecule has 0 aromatic heterocycles. The third kappa shape index (κ3) is 3.14. The number of hydrogen-bond donors (Lipinski definition) is 0. The number of rotatable bonds is 3. The van der Waals surface area contributed by atoms with Crippen LogP contribution >= 0.6 is 55.1 Å². The minimum Gasteiger partial charge on any atom is -0.496 e. The Hall–Kier alpha value is -0.290. The molecule has 0 bridgehead atoms. The fraction of sp³-hybridized carbons (Fsp3) is 0.143. The Kier molecular flexibility index (Phi) is 5.35. The summed E-state index contributed by atoms with van der Waals surface area (Å²) in [5.41, 5.74) is 1.54. The lowest BCUT2D eigenvalue weighted by Crippen LogP contribution is -1.99. The highest BCUT2D eigenvalue weighted by molar-refractivity contribution is 9.10. The Bertz CT molecular complexity index is 649. The van der Waals surface area contributed by atoms with Gasteiger partial charge >= 0.3 is 0 Å². The summed E-state index contributed by atoms with van der Waals surface area (Å²) in [5.74, 6) is 0.0473. The molecule has 1 unspecified atom stereocenters. The van der Waals surface area contributed by atoms with Crippen molar-refractivity contribution in [2.24, 2.45) is 0 Å². The molecule has 20 heavy (non-hydrogen) atoms. The first-order valence-corrected chi connectivity index (χ1v) is 8.03. The van der Waals surface area contributed by atoms with E-state index in [2.05, 4.69) is 31.9 Å². The number of alkyl halides is 1. The molecule has 1 nitrogen and oxygen atoms in total. The van der Waals surface area contributed by atoms with E-state index in [-0.39, 0.29) is 10.6 Å². The third-order valence-electron chi connectivity index (χ3n) is 2.80. The normalized spacial score (nSPS) is 12.3. The fourth-order valence-corrected chi connectivity index (χ4v) is 3.45. The molecular weight excluding hydrogens is 434 g/mol. The Morgan fingerprint density at radius 2 is 1.90 bits per heavy atom. The minimum absolute atomic E-state index is 0.263. The Labute approximate surface area is 143 Å². The van der Waals surface area contributed by atoms with Gasteiger partial charge in [0, 0.05) is 11.6 Å². The summed E-state index contributed by atoms with van der Waals surface area (Å²) in [6, 6.07) is 8.36. The predicted molar refractivity (Wildman–Crippen MR) is 87.9 cm³/mol. The van der Waals surface area contributed by atoms with Crippen LogP contribution in [0.15, 0.2) is 34.8 Å². The quantitative estimate of drug-likeness (QED) is 0.500. The van der Waals surface area contributed by atoms with Gasteiger partial charge in [-0.3, -0.25) is 0 Å². The lowest BCUT2D eigenvalue weighted by Gasteiger charge is -2.17. The second kappa shape index (κ2) is 6.65. The van der Waals surface area contributed by atoms with Crippen LogP contribution < -0.4 is 4.74 Å². The van der Waals surface area contributed by atoms with Gasteiger partial charge in [0.1, 0.15) is 11.6 Å². The van der Waals surface area contributed by atoms with Crippen LogP contribution in [0.1, 0.15) is 16.0 Å². The van der Waals surface area contributed by atoms with Gasteiger partial charge in [-0.05, 0) is 33.6 Å². The van der Waals surface area contributed by atoms with Gasteiger partial charge in [0.2, 0.25) is 0 Å². The maximum Gasteiger partial charge on any atom is 0.141 e. The van der Waals surface area contributed by atoms with Crippen LogP contribution in [0.2, 0.25) is 10.0 Å². The summed E-state index contributed by atoms with van der Waals surface area (Å²) in [4.78, 5) is -0.263. The van der Waals surface area contributed by atoms with E-state index in [4.69, 9.17) is 27.9 Å². The van der Waals surface area contributed by atoms with E-state index in [0.29, 0.717) is 20.3 Å². The number of benzene rings is 2. The molecule has 0 fully saturated rings. The van der Waals surface area contributed by atoms with E-state index < -0.39 is 0 Å². The average Bonchev–Trinajstić information content (AvgIpc) is 2.43. The minimum atomic E-state index is -0.387. The molecule has 106 valence electrons. The third-order valence-corrected chi connectivity index (χ3v) is 5.23. The lowest BCUT2D eigenvalue weighted by atomic mass is 10.0. The molecule has 0 aliphatic rings. The van der Waals surface area contributed by atoms with Crippen LogP contribution in [-0.4, -0.2) is 7.11 Å². The number of methoxy groups -OCH3 is 1. The van der Waals surface area contributed by atoms with Crippen molar-refractivity contribution in [3.05, 3.63) is 61.8 Å². The molecule has 6 heteroatoms. The van der Waals surface area contributed by atoms with Crippen molar-refractivity contribution in [1.29, 1.82) is 0 Å². The smallest absolute Gasteiger partial charge is 0.141 e. The molecule has 0 saturated heterocycles. The molecule has 1 atom stereocenters. The van der Waals surface area contributed by atoms with Crippen LogP contribution in [0.3, 0.4) is 0 Å². The molecule has 0 radical (unpaired) electrons. The second-order valence-corrected chi connectivity index (χ2v) is 6.57. The summed E-state index contributed by atoms with van der Waals surface area (Å²) in [6.07, 6.45) is 0. The van der Waals surface area contributed by atoms with Gasteiger partial charge in [0.25, 0.3) is 0 Å². The highest BCUT2D eigenvalue weighted by Gasteiger charge is 2.20. The van der Waals surface area contributed by atoms with E-state index >= 15 is 0 Å². The summed E-state index contributed by atoms with van der Waals surface area (Å²) in [5, 5.41) is 0.923. The van der Waals surface area contributed by atoms with Crippen LogP contribution in [0.5, 0.6) is 5.75 Å². The van der Waals surface area contributed by atoms with Crippen molar-refractivity contribution in [2.75, 3.05) is 7.11 Å². The molecule has 0 saturated carbocycles. The van der Waals surface area contributed by atoms with Gasteiger partial charge in [-0.2, -0.15) is 0 Å². The fourth-order valence-electron chi connectivity index (χ4n) is 1.80. The van der Waals surface area contributed by atoms with Crippen molar-refractivity contribution in [1.82, 2.24) is 0 Å². The number of hydrogen-bond acceptors (Lipinski definition) is 1. The summed E-state index contributed by atoms with van der Waals surface area (Å²) in [7, 11) is 1.49. The second-order valence-electron chi connectivity index (χ2n) is 4.01. The van der Waals surface area contributed by atoms with Crippen molar-refractivity contribution in [2.45, 2.75) is 4.83 Å². The maximum atomic E-state index is 13.6. The zero-order valence-electron chi connectivity index (χ0n) is 10.3. The zero-order chi connectivity index (χ0) is 14.9. The molecule has 0 heterocycles. The molecule has 0 aliphatic heterocycles. The van der Waals surface area contributed by atoms with Gasteiger partial charge in [0.05, 0.1) is 26.5 Å². The summed E-state index contributed by atoms with van der Waals surface area (Å²) >= 11 is 19.0. The molecule has 2 aromatic rings. The zero-order valence-corrected chi connectivity index (χ0v) is 14.9. The molecular formula is C14H9Br2Cl2FO.